The lowest BCUT2D eigenvalue weighted by Crippen LogP contribution is -2.50. The van der Waals surface area contributed by atoms with Crippen LogP contribution in [-0.2, 0) is 26.6 Å². The second-order valence-corrected chi connectivity index (χ2v) is 8.84. The van der Waals surface area contributed by atoms with Crippen LogP contribution in [0.5, 0.6) is 0 Å². The maximum absolute atomic E-state index is 12.5. The van der Waals surface area contributed by atoms with Crippen molar-refractivity contribution in [3.8, 4) is 0 Å². The van der Waals surface area contributed by atoms with Crippen molar-refractivity contribution in [1.82, 2.24) is 8.61 Å². The maximum Gasteiger partial charge on any atom is 0.243 e. The number of hydrogen-bond acceptors (Lipinski definition) is 5. The summed E-state index contributed by atoms with van der Waals surface area (Å²) >= 11 is 0. The molecule has 21 heavy (non-hydrogen) atoms. The highest BCUT2D eigenvalue weighted by Gasteiger charge is 2.31. The Balaban J connectivity index is 2.18. The van der Waals surface area contributed by atoms with Gasteiger partial charge in [-0.15, -0.1) is 0 Å². The van der Waals surface area contributed by atoms with Gasteiger partial charge in [0, 0.05) is 32.7 Å². The van der Waals surface area contributed by atoms with Crippen LogP contribution < -0.4 is 5.73 Å². The molecule has 0 amide bonds. The van der Waals surface area contributed by atoms with Crippen molar-refractivity contribution in [2.45, 2.75) is 11.4 Å². The zero-order valence-electron chi connectivity index (χ0n) is 11.8. The first-order valence-corrected chi connectivity index (χ1v) is 9.78. The average molecular weight is 333 g/mol. The summed E-state index contributed by atoms with van der Waals surface area (Å²) < 4.78 is 50.5. The van der Waals surface area contributed by atoms with Crippen molar-refractivity contribution < 1.29 is 16.8 Å². The van der Waals surface area contributed by atoms with Crippen molar-refractivity contribution >= 4 is 20.0 Å². The zero-order valence-corrected chi connectivity index (χ0v) is 13.4. The average Bonchev–Trinajstić information content (AvgIpc) is 2.46. The van der Waals surface area contributed by atoms with Crippen LogP contribution in [0, 0.1) is 0 Å². The molecule has 9 heteroatoms. The lowest BCUT2D eigenvalue weighted by Gasteiger charge is -2.32. The third-order valence-electron chi connectivity index (χ3n) is 3.44. The van der Waals surface area contributed by atoms with Crippen LogP contribution in [0.3, 0.4) is 0 Å². The molecule has 0 radical (unpaired) electrons. The van der Waals surface area contributed by atoms with E-state index in [0.717, 1.165) is 11.8 Å². The van der Waals surface area contributed by atoms with Gasteiger partial charge in [-0.25, -0.2) is 16.8 Å². The van der Waals surface area contributed by atoms with Crippen LogP contribution >= 0.6 is 0 Å². The number of benzene rings is 1. The number of sulfonamides is 2. The SMILES string of the molecule is CS(=O)(=O)N1CCN(S(=O)(=O)c2cccc(CN)c2)CC1. The summed E-state index contributed by atoms with van der Waals surface area (Å²) in [5, 5.41) is 0. The lowest BCUT2D eigenvalue weighted by molar-refractivity contribution is 0.274. The Morgan fingerprint density at radius 1 is 1.05 bits per heavy atom. The molecule has 7 nitrogen and oxygen atoms in total. The number of hydrogen-bond donors (Lipinski definition) is 1. The molecule has 1 aliphatic rings. The molecule has 2 rings (SSSR count). The largest absolute Gasteiger partial charge is 0.326 e. The van der Waals surface area contributed by atoms with Gasteiger partial charge in [0.05, 0.1) is 11.2 Å². The fraction of sp³-hybridized carbons (Fsp3) is 0.500. The van der Waals surface area contributed by atoms with Crippen molar-refractivity contribution in [3.05, 3.63) is 29.8 Å². The highest BCUT2D eigenvalue weighted by molar-refractivity contribution is 7.89. The van der Waals surface area contributed by atoms with Gasteiger partial charge in [-0.3, -0.25) is 0 Å². The minimum atomic E-state index is -3.61. The summed E-state index contributed by atoms with van der Waals surface area (Å²) in [5.74, 6) is 0. The van der Waals surface area contributed by atoms with Crippen LogP contribution in [0.4, 0.5) is 0 Å². The Labute approximate surface area is 125 Å². The molecule has 0 saturated carbocycles. The van der Waals surface area contributed by atoms with Crippen LogP contribution in [0.2, 0.25) is 0 Å². The van der Waals surface area contributed by atoms with Crippen LogP contribution in [0.1, 0.15) is 5.56 Å². The summed E-state index contributed by atoms with van der Waals surface area (Å²) in [6.07, 6.45) is 1.13. The number of nitrogens with zero attached hydrogens (tertiary/aromatic N) is 2. The van der Waals surface area contributed by atoms with Crippen molar-refractivity contribution in [3.63, 3.8) is 0 Å². The van der Waals surface area contributed by atoms with Crippen LogP contribution in [0.25, 0.3) is 0 Å². The van der Waals surface area contributed by atoms with Gasteiger partial charge >= 0.3 is 0 Å². The smallest absolute Gasteiger partial charge is 0.243 e. The summed E-state index contributed by atoms with van der Waals surface area (Å²) in [4.78, 5) is 0.193. The fourth-order valence-electron chi connectivity index (χ4n) is 2.22. The first kappa shape index (κ1) is 16.4. The van der Waals surface area contributed by atoms with E-state index in [9.17, 15) is 16.8 Å². The molecule has 1 aromatic carbocycles. The van der Waals surface area contributed by atoms with Gasteiger partial charge in [0.15, 0.2) is 0 Å². The lowest BCUT2D eigenvalue weighted by atomic mass is 10.2. The number of piperazine rings is 1. The first-order chi connectivity index (χ1) is 9.75. The Morgan fingerprint density at radius 3 is 2.14 bits per heavy atom. The minimum absolute atomic E-state index is 0.155. The van der Waals surface area contributed by atoms with Gasteiger partial charge in [-0.05, 0) is 17.7 Å². The van der Waals surface area contributed by atoms with E-state index in [1.807, 2.05) is 0 Å². The highest BCUT2D eigenvalue weighted by atomic mass is 32.2. The second-order valence-electron chi connectivity index (χ2n) is 4.92. The quantitative estimate of drug-likeness (QED) is 0.794. The van der Waals surface area contributed by atoms with Crippen LogP contribution in [-0.4, -0.2) is 57.9 Å². The van der Waals surface area contributed by atoms with Crippen LogP contribution in [0.15, 0.2) is 29.2 Å². The molecular formula is C12H19N3O4S2. The summed E-state index contributed by atoms with van der Waals surface area (Å²) in [6.45, 7) is 0.930. The van der Waals surface area contributed by atoms with E-state index in [2.05, 4.69) is 0 Å². The maximum atomic E-state index is 12.5. The Hall–Kier alpha value is -1.00. The molecule has 1 aliphatic heterocycles. The van der Waals surface area contributed by atoms with Gasteiger partial charge in [0.1, 0.15) is 0 Å². The Bertz CT molecular complexity index is 708. The van der Waals surface area contributed by atoms with E-state index >= 15 is 0 Å². The Kier molecular flexibility index (Phi) is 4.69. The zero-order chi connectivity index (χ0) is 15.7. The first-order valence-electron chi connectivity index (χ1n) is 6.49. The summed E-state index contributed by atoms with van der Waals surface area (Å²) in [6, 6.07) is 6.50. The molecule has 1 saturated heterocycles. The predicted octanol–water partition coefficient (Wildman–Crippen LogP) is -0.589. The molecule has 1 aromatic rings. The van der Waals surface area contributed by atoms with E-state index in [1.165, 1.54) is 14.7 Å². The van der Waals surface area contributed by atoms with Gasteiger partial charge in [0.25, 0.3) is 0 Å². The minimum Gasteiger partial charge on any atom is -0.326 e. The molecule has 1 fully saturated rings. The second kappa shape index (κ2) is 6.01. The third-order valence-corrected chi connectivity index (χ3v) is 6.64. The van der Waals surface area contributed by atoms with Gasteiger partial charge in [-0.1, -0.05) is 12.1 Å². The van der Waals surface area contributed by atoms with E-state index in [4.69, 9.17) is 5.73 Å². The molecule has 1 heterocycles. The standard InChI is InChI=1S/C12H19N3O4S2/c1-20(16,17)14-5-7-15(8-6-14)21(18,19)12-4-2-3-11(9-12)10-13/h2-4,9H,5-8,10,13H2,1H3. The normalized spacial score (nSPS) is 18.8. The highest BCUT2D eigenvalue weighted by Crippen LogP contribution is 2.19. The van der Waals surface area contributed by atoms with Gasteiger partial charge in [-0.2, -0.15) is 8.61 Å². The monoisotopic (exact) mass is 333 g/mol. The number of nitrogens with two attached hydrogens (primary N) is 1. The Morgan fingerprint density at radius 2 is 1.62 bits per heavy atom. The molecule has 2 N–H and O–H groups in total. The summed E-state index contributed by atoms with van der Waals surface area (Å²) in [7, 11) is -6.88. The van der Waals surface area contributed by atoms with E-state index in [1.54, 1.807) is 18.2 Å². The molecule has 0 bridgehead atoms. The molecular weight excluding hydrogens is 314 g/mol. The predicted molar refractivity (Wildman–Crippen MR) is 79.5 cm³/mol. The molecule has 0 unspecified atom stereocenters. The van der Waals surface area contributed by atoms with Crippen molar-refractivity contribution in [2.24, 2.45) is 5.73 Å². The molecule has 118 valence electrons. The van der Waals surface area contributed by atoms with E-state index in [-0.39, 0.29) is 37.6 Å². The molecule has 0 aromatic heterocycles. The molecule has 0 aliphatic carbocycles. The van der Waals surface area contributed by atoms with Gasteiger partial charge < -0.3 is 5.73 Å². The topological polar surface area (TPSA) is 101 Å². The van der Waals surface area contributed by atoms with E-state index in [0.29, 0.717) is 0 Å². The third kappa shape index (κ3) is 3.61. The van der Waals surface area contributed by atoms with Gasteiger partial charge in [0.2, 0.25) is 20.0 Å². The fourth-order valence-corrected chi connectivity index (χ4v) is 4.54. The van der Waals surface area contributed by atoms with E-state index < -0.39 is 20.0 Å². The number of rotatable bonds is 4. The van der Waals surface area contributed by atoms with Crippen molar-refractivity contribution in [1.29, 1.82) is 0 Å². The molecule has 0 spiro atoms. The summed E-state index contributed by atoms with van der Waals surface area (Å²) in [5.41, 5.74) is 6.27. The van der Waals surface area contributed by atoms with Crippen molar-refractivity contribution in [2.75, 3.05) is 32.4 Å². The molecule has 0 atom stereocenters.